The van der Waals surface area contributed by atoms with E-state index in [2.05, 4.69) is 10.3 Å². The van der Waals surface area contributed by atoms with E-state index >= 15 is 0 Å². The fourth-order valence-corrected chi connectivity index (χ4v) is 3.55. The minimum Gasteiger partial charge on any atom is -0.323 e. The van der Waals surface area contributed by atoms with E-state index < -0.39 is 22.0 Å². The highest BCUT2D eigenvalue weighted by Gasteiger charge is 2.29. The number of sulfonamides is 1. The lowest BCUT2D eigenvalue weighted by Crippen LogP contribution is -2.45. The summed E-state index contributed by atoms with van der Waals surface area (Å²) in [6, 6.07) is 9.64. The minimum absolute atomic E-state index is 0.423. The van der Waals surface area contributed by atoms with Crippen LogP contribution in [0.1, 0.15) is 19.4 Å². The molecule has 1 aromatic carbocycles. The van der Waals surface area contributed by atoms with Gasteiger partial charge >= 0.3 is 0 Å². The minimum atomic E-state index is -3.62. The van der Waals surface area contributed by atoms with Gasteiger partial charge in [-0.25, -0.2) is 8.42 Å². The third-order valence-corrected chi connectivity index (χ3v) is 4.86. The molecule has 1 aromatic heterocycles. The van der Waals surface area contributed by atoms with Crippen molar-refractivity contribution in [3.05, 3.63) is 54.4 Å². The Kier molecular flexibility index (Phi) is 5.56. The van der Waals surface area contributed by atoms with Crippen LogP contribution in [-0.4, -0.2) is 31.6 Å². The summed E-state index contributed by atoms with van der Waals surface area (Å²) in [4.78, 5) is 16.4. The number of hydrogen-bond donors (Lipinski definition) is 1. The first-order valence-corrected chi connectivity index (χ1v) is 9.47. The van der Waals surface area contributed by atoms with E-state index in [1.165, 1.54) is 6.20 Å². The molecule has 1 atom stereocenters. The number of anilines is 2. The Morgan fingerprint density at radius 2 is 1.92 bits per heavy atom. The lowest BCUT2D eigenvalue weighted by molar-refractivity contribution is -0.116. The molecule has 1 unspecified atom stereocenters. The lowest BCUT2D eigenvalue weighted by Gasteiger charge is -2.28. The van der Waals surface area contributed by atoms with Crippen LogP contribution in [0.3, 0.4) is 0 Å². The lowest BCUT2D eigenvalue weighted by atomic mass is 10.1. The van der Waals surface area contributed by atoms with Gasteiger partial charge < -0.3 is 5.32 Å². The standard InChI is InChI=1S/C17H21N3O3S/c1-4-14-7-9-16(10-8-14)20(24(3,22)23)13(2)17(21)19-15-6-5-11-18-12-15/h5-13H,4H2,1-3H3,(H,19,21). The molecule has 2 rings (SSSR count). The second kappa shape index (κ2) is 7.44. The second-order valence-corrected chi connectivity index (χ2v) is 7.35. The predicted octanol–water partition coefficient (Wildman–Crippen LogP) is 2.44. The summed E-state index contributed by atoms with van der Waals surface area (Å²) in [6.07, 6.45) is 5.05. The summed E-state index contributed by atoms with van der Waals surface area (Å²) < 4.78 is 25.6. The van der Waals surface area contributed by atoms with E-state index in [9.17, 15) is 13.2 Å². The number of amides is 1. The van der Waals surface area contributed by atoms with Crippen molar-refractivity contribution in [3.8, 4) is 0 Å². The van der Waals surface area contributed by atoms with Crippen molar-refractivity contribution in [1.29, 1.82) is 0 Å². The van der Waals surface area contributed by atoms with Gasteiger partial charge in [0.2, 0.25) is 15.9 Å². The summed E-state index contributed by atoms with van der Waals surface area (Å²) in [7, 11) is -3.62. The average Bonchev–Trinajstić information content (AvgIpc) is 2.55. The molecule has 2 aromatic rings. The summed E-state index contributed by atoms with van der Waals surface area (Å²) in [5.74, 6) is -0.423. The van der Waals surface area contributed by atoms with Gasteiger partial charge in [0.05, 0.1) is 23.8 Å². The number of hydrogen-bond acceptors (Lipinski definition) is 4. The molecule has 0 fully saturated rings. The van der Waals surface area contributed by atoms with Gasteiger partial charge in [0.25, 0.3) is 0 Å². The van der Waals surface area contributed by atoms with Gasteiger partial charge in [0, 0.05) is 6.20 Å². The van der Waals surface area contributed by atoms with Crippen LogP contribution in [0.4, 0.5) is 11.4 Å². The molecule has 0 saturated heterocycles. The molecular formula is C17H21N3O3S. The fourth-order valence-electron chi connectivity index (χ4n) is 2.37. The third kappa shape index (κ3) is 4.32. The maximum atomic E-state index is 12.5. The molecule has 128 valence electrons. The maximum absolute atomic E-state index is 12.5. The van der Waals surface area contributed by atoms with Crippen molar-refractivity contribution in [2.45, 2.75) is 26.3 Å². The first-order chi connectivity index (χ1) is 11.3. The monoisotopic (exact) mass is 347 g/mol. The topological polar surface area (TPSA) is 79.4 Å². The zero-order valence-corrected chi connectivity index (χ0v) is 14.7. The summed E-state index contributed by atoms with van der Waals surface area (Å²) >= 11 is 0. The molecule has 0 bridgehead atoms. The van der Waals surface area contributed by atoms with Crippen LogP contribution in [-0.2, 0) is 21.2 Å². The van der Waals surface area contributed by atoms with Crippen molar-refractivity contribution in [3.63, 3.8) is 0 Å². The van der Waals surface area contributed by atoms with E-state index in [0.29, 0.717) is 11.4 Å². The van der Waals surface area contributed by atoms with Gasteiger partial charge in [-0.05, 0) is 43.2 Å². The van der Waals surface area contributed by atoms with E-state index in [1.54, 1.807) is 37.4 Å². The number of carbonyl (C=O) groups is 1. The van der Waals surface area contributed by atoms with Crippen LogP contribution in [0.15, 0.2) is 48.8 Å². The van der Waals surface area contributed by atoms with Crippen LogP contribution in [0.5, 0.6) is 0 Å². The Morgan fingerprint density at radius 3 is 2.42 bits per heavy atom. The first-order valence-electron chi connectivity index (χ1n) is 7.62. The smallest absolute Gasteiger partial charge is 0.248 e. The number of benzene rings is 1. The predicted molar refractivity (Wildman–Crippen MR) is 95.5 cm³/mol. The van der Waals surface area contributed by atoms with Crippen LogP contribution >= 0.6 is 0 Å². The van der Waals surface area contributed by atoms with Gasteiger partial charge in [0.15, 0.2) is 0 Å². The molecular weight excluding hydrogens is 326 g/mol. The first kappa shape index (κ1) is 17.9. The van der Waals surface area contributed by atoms with Gasteiger partial charge in [0.1, 0.15) is 6.04 Å². The molecule has 0 spiro atoms. The van der Waals surface area contributed by atoms with Crippen LogP contribution in [0.2, 0.25) is 0 Å². The highest BCUT2D eigenvalue weighted by molar-refractivity contribution is 7.92. The normalized spacial score (nSPS) is 12.5. The average molecular weight is 347 g/mol. The Labute approximate surface area is 142 Å². The van der Waals surface area contributed by atoms with Crippen molar-refractivity contribution in [2.24, 2.45) is 0 Å². The Bertz CT molecular complexity index is 790. The molecule has 0 saturated carbocycles. The highest BCUT2D eigenvalue weighted by atomic mass is 32.2. The number of aromatic nitrogens is 1. The number of pyridine rings is 1. The number of aryl methyl sites for hydroxylation is 1. The molecule has 0 aliphatic rings. The number of rotatable bonds is 6. The summed E-state index contributed by atoms with van der Waals surface area (Å²) in [5, 5.41) is 2.68. The van der Waals surface area contributed by atoms with Gasteiger partial charge in [-0.15, -0.1) is 0 Å². The van der Waals surface area contributed by atoms with E-state index in [4.69, 9.17) is 0 Å². The number of nitrogens with one attached hydrogen (secondary N) is 1. The van der Waals surface area contributed by atoms with Gasteiger partial charge in [-0.1, -0.05) is 19.1 Å². The molecule has 0 aliphatic heterocycles. The largest absolute Gasteiger partial charge is 0.323 e. The van der Waals surface area contributed by atoms with E-state index in [0.717, 1.165) is 22.5 Å². The number of carbonyl (C=O) groups excluding carboxylic acids is 1. The molecule has 24 heavy (non-hydrogen) atoms. The van der Waals surface area contributed by atoms with Crippen molar-refractivity contribution in [2.75, 3.05) is 15.9 Å². The molecule has 1 N–H and O–H groups in total. The Hall–Kier alpha value is -2.41. The van der Waals surface area contributed by atoms with Crippen molar-refractivity contribution in [1.82, 2.24) is 4.98 Å². The molecule has 1 amide bonds. The summed E-state index contributed by atoms with van der Waals surface area (Å²) in [6.45, 7) is 3.58. The van der Waals surface area contributed by atoms with Gasteiger partial charge in [-0.3, -0.25) is 14.1 Å². The molecule has 0 aliphatic carbocycles. The molecule has 0 radical (unpaired) electrons. The molecule has 6 nitrogen and oxygen atoms in total. The fraction of sp³-hybridized carbons (Fsp3) is 0.294. The molecule has 7 heteroatoms. The van der Waals surface area contributed by atoms with Crippen LogP contribution < -0.4 is 9.62 Å². The van der Waals surface area contributed by atoms with Crippen LogP contribution in [0, 0.1) is 0 Å². The second-order valence-electron chi connectivity index (χ2n) is 5.49. The quantitative estimate of drug-likeness (QED) is 0.870. The van der Waals surface area contributed by atoms with Gasteiger partial charge in [-0.2, -0.15) is 0 Å². The zero-order chi connectivity index (χ0) is 17.7. The van der Waals surface area contributed by atoms with Crippen LogP contribution in [0.25, 0.3) is 0 Å². The third-order valence-electron chi connectivity index (χ3n) is 3.62. The zero-order valence-electron chi connectivity index (χ0n) is 13.9. The van der Waals surface area contributed by atoms with E-state index in [1.807, 2.05) is 19.1 Å². The number of nitrogens with zero attached hydrogens (tertiary/aromatic N) is 2. The maximum Gasteiger partial charge on any atom is 0.248 e. The Morgan fingerprint density at radius 1 is 1.25 bits per heavy atom. The van der Waals surface area contributed by atoms with E-state index in [-0.39, 0.29) is 0 Å². The van der Waals surface area contributed by atoms with Crippen molar-refractivity contribution < 1.29 is 13.2 Å². The SMILES string of the molecule is CCc1ccc(N(C(C)C(=O)Nc2cccnc2)S(C)(=O)=O)cc1. The molecule has 1 heterocycles. The van der Waals surface area contributed by atoms with Crippen molar-refractivity contribution >= 4 is 27.3 Å². The Balaban J connectivity index is 2.28. The summed E-state index contributed by atoms with van der Waals surface area (Å²) in [5.41, 5.74) is 2.08. The highest BCUT2D eigenvalue weighted by Crippen LogP contribution is 2.22.